The Morgan fingerprint density at radius 3 is 2.88 bits per heavy atom. The van der Waals surface area contributed by atoms with Crippen LogP contribution in [0, 0.1) is 5.92 Å². The van der Waals surface area contributed by atoms with Gasteiger partial charge in [0, 0.05) is 25.4 Å². The van der Waals surface area contributed by atoms with Crippen LogP contribution in [-0.2, 0) is 17.9 Å². The number of benzene rings is 1. The molecule has 1 aromatic rings. The number of rotatable bonds is 5. The Morgan fingerprint density at radius 2 is 2.18 bits per heavy atom. The van der Waals surface area contributed by atoms with E-state index in [-0.39, 0.29) is 0 Å². The molecular weight excluding hydrogens is 230 g/mol. The van der Waals surface area contributed by atoms with Crippen molar-refractivity contribution in [1.29, 1.82) is 0 Å². The Balaban J connectivity index is 1.87. The lowest BCUT2D eigenvalue weighted by molar-refractivity contribution is 0.185. The normalized spacial score (nSPS) is 24.1. The highest BCUT2D eigenvalue weighted by Gasteiger charge is 2.22. The smallest absolute Gasteiger partial charge is 0.0713 e. The molecule has 0 amide bonds. The van der Waals surface area contributed by atoms with E-state index in [0.717, 1.165) is 12.5 Å². The van der Waals surface area contributed by atoms with Crippen molar-refractivity contribution in [2.75, 3.05) is 18.6 Å². The minimum absolute atomic E-state index is 0.672. The van der Waals surface area contributed by atoms with E-state index in [9.17, 15) is 0 Å². The van der Waals surface area contributed by atoms with E-state index in [1.54, 1.807) is 7.11 Å². The van der Waals surface area contributed by atoms with Gasteiger partial charge in [-0.25, -0.2) is 0 Å². The Hall–Kier alpha value is -0.510. The second kappa shape index (κ2) is 6.43. The van der Waals surface area contributed by atoms with E-state index in [0.29, 0.717) is 12.6 Å². The van der Waals surface area contributed by atoms with Crippen LogP contribution in [0.2, 0.25) is 0 Å². The van der Waals surface area contributed by atoms with Crippen LogP contribution in [0.25, 0.3) is 0 Å². The molecule has 2 atom stereocenters. The predicted molar refractivity (Wildman–Crippen MR) is 74.3 cm³/mol. The number of thioether (sulfide) groups is 1. The summed E-state index contributed by atoms with van der Waals surface area (Å²) in [5.74, 6) is 3.34. The second-order valence-electron chi connectivity index (χ2n) is 4.76. The minimum atomic E-state index is 0.672. The molecule has 0 radical (unpaired) electrons. The zero-order valence-electron chi connectivity index (χ0n) is 10.6. The maximum absolute atomic E-state index is 5.15. The van der Waals surface area contributed by atoms with Crippen molar-refractivity contribution in [3.05, 3.63) is 35.4 Å². The first kappa shape index (κ1) is 12.9. The fraction of sp³-hybridized carbons (Fsp3) is 0.571. The van der Waals surface area contributed by atoms with Crippen molar-refractivity contribution in [2.45, 2.75) is 26.1 Å². The fourth-order valence-electron chi connectivity index (χ4n) is 2.17. The standard InChI is InChI=1S/C14H21NOS/c1-11-9-17-10-14(11)15-7-12-4-3-5-13(6-12)8-16-2/h3-6,11,14-15H,7-10H2,1-2H3. The molecule has 1 aromatic carbocycles. The molecule has 3 heteroatoms. The van der Waals surface area contributed by atoms with Crippen molar-refractivity contribution in [3.63, 3.8) is 0 Å². The summed E-state index contributed by atoms with van der Waals surface area (Å²) in [4.78, 5) is 0. The molecule has 0 spiro atoms. The predicted octanol–water partition coefficient (Wildman–Crippen LogP) is 2.67. The average molecular weight is 251 g/mol. The van der Waals surface area contributed by atoms with E-state index in [2.05, 4.69) is 48.3 Å². The quantitative estimate of drug-likeness (QED) is 0.869. The molecule has 94 valence electrons. The van der Waals surface area contributed by atoms with Crippen LogP contribution in [-0.4, -0.2) is 24.7 Å². The number of hydrogen-bond acceptors (Lipinski definition) is 3. The summed E-state index contributed by atoms with van der Waals surface area (Å²) >= 11 is 2.05. The molecule has 1 aliphatic rings. The third-order valence-electron chi connectivity index (χ3n) is 3.24. The van der Waals surface area contributed by atoms with E-state index in [1.165, 1.54) is 22.6 Å². The van der Waals surface area contributed by atoms with Crippen molar-refractivity contribution in [1.82, 2.24) is 5.32 Å². The lowest BCUT2D eigenvalue weighted by Gasteiger charge is -2.16. The average Bonchev–Trinajstić information content (AvgIpc) is 2.73. The minimum Gasteiger partial charge on any atom is -0.380 e. The van der Waals surface area contributed by atoms with Gasteiger partial charge < -0.3 is 10.1 Å². The summed E-state index contributed by atoms with van der Waals surface area (Å²) in [5.41, 5.74) is 2.60. The number of nitrogens with one attached hydrogen (secondary N) is 1. The van der Waals surface area contributed by atoms with E-state index in [1.807, 2.05) is 0 Å². The van der Waals surface area contributed by atoms with Crippen molar-refractivity contribution >= 4 is 11.8 Å². The van der Waals surface area contributed by atoms with Crippen LogP contribution >= 0.6 is 11.8 Å². The molecule has 1 saturated heterocycles. The summed E-state index contributed by atoms with van der Waals surface area (Å²) in [6.45, 7) is 4.00. The maximum Gasteiger partial charge on any atom is 0.0713 e. The largest absolute Gasteiger partial charge is 0.380 e. The first-order chi connectivity index (χ1) is 8.29. The van der Waals surface area contributed by atoms with Gasteiger partial charge >= 0.3 is 0 Å². The molecule has 17 heavy (non-hydrogen) atoms. The molecule has 0 bridgehead atoms. The van der Waals surface area contributed by atoms with Gasteiger partial charge in [-0.2, -0.15) is 11.8 Å². The summed E-state index contributed by atoms with van der Waals surface area (Å²) in [5, 5.41) is 3.66. The van der Waals surface area contributed by atoms with Crippen molar-refractivity contribution in [3.8, 4) is 0 Å². The van der Waals surface area contributed by atoms with E-state index in [4.69, 9.17) is 4.74 Å². The van der Waals surface area contributed by atoms with Gasteiger partial charge in [-0.3, -0.25) is 0 Å². The summed E-state index contributed by atoms with van der Waals surface area (Å²) < 4.78 is 5.15. The molecule has 1 fully saturated rings. The second-order valence-corrected chi connectivity index (χ2v) is 5.83. The summed E-state index contributed by atoms with van der Waals surface area (Å²) in [6, 6.07) is 9.30. The third-order valence-corrected chi connectivity index (χ3v) is 4.59. The molecule has 1 heterocycles. The van der Waals surface area contributed by atoms with Crippen molar-refractivity contribution < 1.29 is 4.74 Å². The molecule has 0 aromatic heterocycles. The Labute approximate surface area is 108 Å². The van der Waals surface area contributed by atoms with Gasteiger partial charge in [0.05, 0.1) is 6.61 Å². The van der Waals surface area contributed by atoms with Crippen LogP contribution in [0.3, 0.4) is 0 Å². The van der Waals surface area contributed by atoms with Gasteiger partial charge in [0.25, 0.3) is 0 Å². The molecule has 2 rings (SSSR count). The first-order valence-electron chi connectivity index (χ1n) is 6.17. The highest BCUT2D eigenvalue weighted by Crippen LogP contribution is 2.23. The molecule has 2 unspecified atom stereocenters. The third kappa shape index (κ3) is 3.73. The Morgan fingerprint density at radius 1 is 1.35 bits per heavy atom. The molecule has 0 saturated carbocycles. The van der Waals surface area contributed by atoms with Gasteiger partial charge in [-0.15, -0.1) is 0 Å². The SMILES string of the molecule is COCc1cccc(CNC2CSCC2C)c1. The van der Waals surface area contributed by atoms with Gasteiger partial charge in [0.1, 0.15) is 0 Å². The fourth-order valence-corrected chi connectivity index (χ4v) is 3.61. The molecular formula is C14H21NOS. The number of hydrogen-bond donors (Lipinski definition) is 1. The van der Waals surface area contributed by atoms with Gasteiger partial charge in [0.2, 0.25) is 0 Å². The topological polar surface area (TPSA) is 21.3 Å². The van der Waals surface area contributed by atoms with Crippen LogP contribution in [0.4, 0.5) is 0 Å². The zero-order chi connectivity index (χ0) is 12.1. The van der Waals surface area contributed by atoms with Crippen LogP contribution < -0.4 is 5.32 Å². The first-order valence-corrected chi connectivity index (χ1v) is 7.33. The van der Waals surface area contributed by atoms with E-state index >= 15 is 0 Å². The van der Waals surface area contributed by atoms with Gasteiger partial charge in [-0.1, -0.05) is 31.2 Å². The molecule has 1 N–H and O–H groups in total. The van der Waals surface area contributed by atoms with Crippen molar-refractivity contribution in [2.24, 2.45) is 5.92 Å². The lowest BCUT2D eigenvalue weighted by Crippen LogP contribution is -2.33. The van der Waals surface area contributed by atoms with Gasteiger partial charge in [-0.05, 0) is 22.8 Å². The maximum atomic E-state index is 5.15. The number of ether oxygens (including phenoxy) is 1. The molecule has 1 aliphatic heterocycles. The Kier molecular flexibility index (Phi) is 4.89. The highest BCUT2D eigenvalue weighted by molar-refractivity contribution is 7.99. The Bertz CT molecular complexity index is 356. The van der Waals surface area contributed by atoms with Crippen LogP contribution in [0.1, 0.15) is 18.1 Å². The zero-order valence-corrected chi connectivity index (χ0v) is 11.4. The van der Waals surface area contributed by atoms with Gasteiger partial charge in [0.15, 0.2) is 0 Å². The molecule has 0 aliphatic carbocycles. The van der Waals surface area contributed by atoms with Crippen LogP contribution in [0.5, 0.6) is 0 Å². The summed E-state index contributed by atoms with van der Waals surface area (Å²) in [7, 11) is 1.74. The summed E-state index contributed by atoms with van der Waals surface area (Å²) in [6.07, 6.45) is 0. The highest BCUT2D eigenvalue weighted by atomic mass is 32.2. The van der Waals surface area contributed by atoms with Crippen LogP contribution in [0.15, 0.2) is 24.3 Å². The lowest BCUT2D eigenvalue weighted by atomic mass is 10.1. The monoisotopic (exact) mass is 251 g/mol. The molecule has 2 nitrogen and oxygen atoms in total. The van der Waals surface area contributed by atoms with E-state index < -0.39 is 0 Å². The number of methoxy groups -OCH3 is 1.